The summed E-state index contributed by atoms with van der Waals surface area (Å²) in [5, 5.41) is 0.750. The molecule has 0 spiro atoms. The lowest BCUT2D eigenvalue weighted by molar-refractivity contribution is -0.135. The van der Waals surface area contributed by atoms with Crippen molar-refractivity contribution in [2.75, 3.05) is 5.43 Å². The zero-order valence-corrected chi connectivity index (χ0v) is 15.4. The molecule has 1 aliphatic rings. The monoisotopic (exact) mass is 457 g/mol. The molecule has 1 atom stereocenters. The van der Waals surface area contributed by atoms with Crippen LogP contribution in [0, 0.1) is 5.82 Å². The summed E-state index contributed by atoms with van der Waals surface area (Å²) in [7, 11) is 0. The number of hydrogen-bond donors (Lipinski definition) is 1. The van der Waals surface area contributed by atoms with Crippen LogP contribution >= 0.6 is 31.9 Å². The lowest BCUT2D eigenvalue weighted by Gasteiger charge is -2.20. The maximum atomic E-state index is 13.2. The summed E-state index contributed by atoms with van der Waals surface area (Å²) in [6.45, 7) is 1.49. The molecule has 3 rings (SSSR count). The molecule has 2 aromatic rings. The van der Waals surface area contributed by atoms with Gasteiger partial charge >= 0.3 is 6.09 Å². The molecule has 0 aliphatic carbocycles. The van der Waals surface area contributed by atoms with E-state index in [-0.39, 0.29) is 0 Å². The summed E-state index contributed by atoms with van der Waals surface area (Å²) in [4.78, 5) is 28.9. The maximum Gasteiger partial charge on any atom is 0.437 e. The summed E-state index contributed by atoms with van der Waals surface area (Å²) in [5.41, 5.74) is 1.93. The van der Waals surface area contributed by atoms with Gasteiger partial charge in [-0.25, -0.2) is 14.2 Å². The van der Waals surface area contributed by atoms with Gasteiger partial charge in [0, 0.05) is 16.2 Å². The molecular weight excluding hydrogens is 449 g/mol. The number of benzene rings is 1. The van der Waals surface area contributed by atoms with Crippen LogP contribution in [0.25, 0.3) is 0 Å². The smallest absolute Gasteiger partial charge is 0.426 e. The molecule has 0 radical (unpaired) electrons. The highest BCUT2D eigenvalue weighted by Crippen LogP contribution is 2.35. The number of nitrogens with one attached hydrogen (secondary N) is 1. The number of carbonyl (C=O) groups excluding carboxylic acids is 2. The van der Waals surface area contributed by atoms with E-state index < -0.39 is 23.4 Å². The van der Waals surface area contributed by atoms with E-state index in [0.29, 0.717) is 20.3 Å². The molecule has 9 heteroatoms. The Morgan fingerprint density at radius 1 is 1.25 bits per heavy atom. The minimum Gasteiger partial charge on any atom is -0.426 e. The maximum absolute atomic E-state index is 13.2. The number of pyridine rings is 1. The van der Waals surface area contributed by atoms with Crippen molar-refractivity contribution in [2.24, 2.45) is 0 Å². The fraction of sp³-hybridized carbons (Fsp3) is 0.133. The predicted molar refractivity (Wildman–Crippen MR) is 90.3 cm³/mol. The van der Waals surface area contributed by atoms with Crippen molar-refractivity contribution in [3.63, 3.8) is 0 Å². The number of imide groups is 1. The van der Waals surface area contributed by atoms with E-state index in [1.165, 1.54) is 31.3 Å². The Kier molecular flexibility index (Phi) is 4.31. The molecule has 1 aromatic carbocycles. The first-order valence-electron chi connectivity index (χ1n) is 6.72. The lowest BCUT2D eigenvalue weighted by atomic mass is 9.97. The molecule has 1 unspecified atom stereocenters. The number of aromatic nitrogens is 1. The lowest BCUT2D eigenvalue weighted by Crippen LogP contribution is -2.40. The predicted octanol–water partition coefficient (Wildman–Crippen LogP) is 3.97. The van der Waals surface area contributed by atoms with Crippen molar-refractivity contribution >= 4 is 49.5 Å². The van der Waals surface area contributed by atoms with Crippen LogP contribution in [0.15, 0.2) is 45.6 Å². The van der Waals surface area contributed by atoms with Gasteiger partial charge in [-0.1, -0.05) is 6.07 Å². The van der Waals surface area contributed by atoms with Gasteiger partial charge in [0.25, 0.3) is 5.91 Å². The van der Waals surface area contributed by atoms with Gasteiger partial charge in [0.15, 0.2) is 0 Å². The highest BCUT2D eigenvalue weighted by Gasteiger charge is 2.52. The van der Waals surface area contributed by atoms with E-state index in [1.54, 1.807) is 12.1 Å². The number of cyclic esters (lactones) is 1. The van der Waals surface area contributed by atoms with Gasteiger partial charge < -0.3 is 4.74 Å². The summed E-state index contributed by atoms with van der Waals surface area (Å²) in [6, 6.07) is 7.10. The summed E-state index contributed by atoms with van der Waals surface area (Å²) in [6.07, 6.45) is 0.591. The van der Waals surface area contributed by atoms with Crippen LogP contribution < -0.4 is 5.43 Å². The molecule has 1 fully saturated rings. The number of hydrazine groups is 1. The average molecular weight is 459 g/mol. The molecule has 1 saturated heterocycles. The molecular formula is C15H10Br2FN3O3. The number of anilines is 1. The van der Waals surface area contributed by atoms with Crippen molar-refractivity contribution in [2.45, 2.75) is 12.5 Å². The van der Waals surface area contributed by atoms with Crippen LogP contribution in [0.1, 0.15) is 12.5 Å². The van der Waals surface area contributed by atoms with Crippen molar-refractivity contribution in [1.29, 1.82) is 0 Å². The second-order valence-corrected chi connectivity index (χ2v) is 6.81. The number of carbonyl (C=O) groups is 2. The normalized spacial score (nSPS) is 20.2. The van der Waals surface area contributed by atoms with E-state index in [9.17, 15) is 14.0 Å². The Labute approximate surface area is 153 Å². The molecule has 24 heavy (non-hydrogen) atoms. The molecule has 2 amide bonds. The highest BCUT2D eigenvalue weighted by molar-refractivity contribution is 9.10. The van der Waals surface area contributed by atoms with Gasteiger partial charge in [0.1, 0.15) is 10.4 Å². The first kappa shape index (κ1) is 16.8. The van der Waals surface area contributed by atoms with Gasteiger partial charge in [-0.3, -0.25) is 10.2 Å². The molecule has 124 valence electrons. The fourth-order valence-electron chi connectivity index (χ4n) is 2.20. The first-order chi connectivity index (χ1) is 11.3. The number of rotatable bonds is 3. The second kappa shape index (κ2) is 6.14. The van der Waals surface area contributed by atoms with E-state index in [0.717, 1.165) is 5.01 Å². The Bertz CT molecular complexity index is 831. The average Bonchev–Trinajstić information content (AvgIpc) is 2.74. The van der Waals surface area contributed by atoms with Crippen molar-refractivity contribution in [3.05, 3.63) is 57.0 Å². The van der Waals surface area contributed by atoms with Crippen LogP contribution in [0.3, 0.4) is 0 Å². The zero-order valence-electron chi connectivity index (χ0n) is 12.2. The second-order valence-electron chi connectivity index (χ2n) is 5.15. The molecule has 2 heterocycles. The van der Waals surface area contributed by atoms with Gasteiger partial charge in [-0.15, -0.1) is 5.01 Å². The number of halogens is 3. The number of hydrogen-bond acceptors (Lipinski definition) is 5. The molecule has 0 bridgehead atoms. The molecule has 1 aromatic heterocycles. The van der Waals surface area contributed by atoms with Crippen molar-refractivity contribution < 1.29 is 18.7 Å². The van der Waals surface area contributed by atoms with Gasteiger partial charge in [0.05, 0.1) is 5.69 Å². The topological polar surface area (TPSA) is 71.5 Å². The Morgan fingerprint density at radius 2 is 2.00 bits per heavy atom. The molecule has 1 N–H and O–H groups in total. The zero-order chi connectivity index (χ0) is 17.5. The summed E-state index contributed by atoms with van der Waals surface area (Å²) in [5.74, 6) is -1.05. The van der Waals surface area contributed by atoms with Crippen molar-refractivity contribution in [1.82, 2.24) is 9.99 Å². The van der Waals surface area contributed by atoms with Gasteiger partial charge in [-0.2, -0.15) is 0 Å². The van der Waals surface area contributed by atoms with Gasteiger partial charge in [-0.05, 0) is 63.0 Å². The molecule has 6 nitrogen and oxygen atoms in total. The third kappa shape index (κ3) is 2.89. The third-order valence-corrected chi connectivity index (χ3v) is 4.65. The van der Waals surface area contributed by atoms with Crippen LogP contribution in [-0.2, 0) is 15.1 Å². The third-order valence-electron chi connectivity index (χ3n) is 3.53. The van der Waals surface area contributed by atoms with E-state index in [2.05, 4.69) is 42.3 Å². The molecule has 0 saturated carbocycles. The first-order valence-corrected chi connectivity index (χ1v) is 8.31. The summed E-state index contributed by atoms with van der Waals surface area (Å²) >= 11 is 6.37. The van der Waals surface area contributed by atoms with Crippen LogP contribution in [-0.4, -0.2) is 22.0 Å². The van der Waals surface area contributed by atoms with E-state index in [1.807, 2.05) is 0 Å². The van der Waals surface area contributed by atoms with Crippen LogP contribution in [0.2, 0.25) is 0 Å². The molecule has 1 aliphatic heterocycles. The minimum atomic E-state index is -1.50. The fourth-order valence-corrected chi connectivity index (χ4v) is 2.87. The van der Waals surface area contributed by atoms with Crippen LogP contribution in [0.4, 0.5) is 14.9 Å². The quantitative estimate of drug-likeness (QED) is 0.704. The van der Waals surface area contributed by atoms with E-state index >= 15 is 0 Å². The highest BCUT2D eigenvalue weighted by atomic mass is 79.9. The Balaban J connectivity index is 1.90. The number of amides is 2. The standard InChI is InChI=1S/C15H10Br2FN3O3/c1-15(8-2-5-12(17)19-7-8)13(22)21(14(23)24-15)20-11-4-3-9(18)6-10(11)16/h2-7,20H,1H3. The minimum absolute atomic E-state index is 0.347. The van der Waals surface area contributed by atoms with Crippen molar-refractivity contribution in [3.8, 4) is 0 Å². The Morgan fingerprint density at radius 3 is 2.62 bits per heavy atom. The van der Waals surface area contributed by atoms with Crippen LogP contribution in [0.5, 0.6) is 0 Å². The SMILES string of the molecule is CC1(c2ccc(Br)nc2)OC(=O)N(Nc2ccc(F)cc2Br)C1=O. The largest absolute Gasteiger partial charge is 0.437 e. The summed E-state index contributed by atoms with van der Waals surface area (Å²) < 4.78 is 19.4. The number of nitrogens with zero attached hydrogens (tertiary/aromatic N) is 2. The Hall–Kier alpha value is -2.00. The number of ether oxygens (including phenoxy) is 1. The van der Waals surface area contributed by atoms with E-state index in [4.69, 9.17) is 4.74 Å². The van der Waals surface area contributed by atoms with Gasteiger partial charge in [0.2, 0.25) is 5.60 Å².